The van der Waals surface area contributed by atoms with E-state index in [4.69, 9.17) is 0 Å². The van der Waals surface area contributed by atoms with Gasteiger partial charge in [-0.2, -0.15) is 4.31 Å². The van der Waals surface area contributed by atoms with E-state index in [2.05, 4.69) is 10.6 Å². The molecule has 0 atom stereocenters. The molecule has 2 rings (SSSR count). The minimum absolute atomic E-state index is 0.101. The fourth-order valence-corrected chi connectivity index (χ4v) is 4.09. The maximum Gasteiger partial charge on any atom is 0.243 e. The smallest absolute Gasteiger partial charge is 0.243 e. The van der Waals surface area contributed by atoms with Gasteiger partial charge in [0.1, 0.15) is 0 Å². The van der Waals surface area contributed by atoms with Crippen LogP contribution in [-0.2, 0) is 14.8 Å². The van der Waals surface area contributed by atoms with Gasteiger partial charge in [-0.15, -0.1) is 0 Å². The molecule has 1 heterocycles. The second-order valence-corrected chi connectivity index (χ2v) is 7.63. The highest BCUT2D eigenvalue weighted by Crippen LogP contribution is 2.22. The average molecular weight is 339 g/mol. The number of hydrogen-bond donors (Lipinski definition) is 2. The van der Waals surface area contributed by atoms with Crippen LogP contribution >= 0.6 is 0 Å². The van der Waals surface area contributed by atoms with Gasteiger partial charge in [0, 0.05) is 25.3 Å². The zero-order chi connectivity index (χ0) is 16.7. The standard InChI is InChI=1S/C16H25N3O3S/c1-2-9-17-16(20)13-18-14-7-6-8-15(12-14)23(21,22)19-10-4-3-5-11-19/h6-8,12,18H,2-5,9-11,13H2,1H3,(H,17,20). The van der Waals surface area contributed by atoms with Crippen LogP contribution in [0, 0.1) is 0 Å². The van der Waals surface area contributed by atoms with E-state index >= 15 is 0 Å². The van der Waals surface area contributed by atoms with Crippen molar-refractivity contribution in [1.82, 2.24) is 9.62 Å². The fourth-order valence-electron chi connectivity index (χ4n) is 2.53. The Kier molecular flexibility index (Phi) is 6.41. The molecule has 6 nitrogen and oxygen atoms in total. The Balaban J connectivity index is 2.02. The summed E-state index contributed by atoms with van der Waals surface area (Å²) in [6.07, 6.45) is 3.79. The molecule has 1 aromatic carbocycles. The molecule has 128 valence electrons. The van der Waals surface area contributed by atoms with Crippen LogP contribution in [0.3, 0.4) is 0 Å². The molecule has 1 aromatic rings. The van der Waals surface area contributed by atoms with Crippen LogP contribution in [0.2, 0.25) is 0 Å². The molecule has 1 fully saturated rings. The summed E-state index contributed by atoms with van der Waals surface area (Å²) in [5.74, 6) is -0.101. The highest BCUT2D eigenvalue weighted by atomic mass is 32.2. The third-order valence-electron chi connectivity index (χ3n) is 3.81. The molecule has 0 aliphatic carbocycles. The zero-order valence-electron chi connectivity index (χ0n) is 13.5. The van der Waals surface area contributed by atoms with E-state index in [9.17, 15) is 13.2 Å². The molecular weight excluding hydrogens is 314 g/mol. The number of rotatable bonds is 7. The van der Waals surface area contributed by atoms with Crippen LogP contribution in [0.15, 0.2) is 29.2 Å². The molecule has 1 amide bonds. The average Bonchev–Trinajstić information content (AvgIpc) is 2.59. The quantitative estimate of drug-likeness (QED) is 0.794. The number of nitrogens with zero attached hydrogens (tertiary/aromatic N) is 1. The molecule has 1 aliphatic rings. The second kappa shape index (κ2) is 8.31. The Morgan fingerprint density at radius 1 is 1.22 bits per heavy atom. The Labute approximate surface area is 138 Å². The molecule has 0 aromatic heterocycles. The van der Waals surface area contributed by atoms with Gasteiger partial charge in [-0.05, 0) is 37.5 Å². The van der Waals surface area contributed by atoms with Crippen molar-refractivity contribution in [3.63, 3.8) is 0 Å². The van der Waals surface area contributed by atoms with Gasteiger partial charge >= 0.3 is 0 Å². The van der Waals surface area contributed by atoms with Gasteiger partial charge in [0.15, 0.2) is 0 Å². The summed E-state index contributed by atoms with van der Waals surface area (Å²) >= 11 is 0. The molecule has 0 saturated carbocycles. The molecule has 23 heavy (non-hydrogen) atoms. The van der Waals surface area contributed by atoms with Crippen LogP contribution < -0.4 is 10.6 Å². The van der Waals surface area contributed by atoms with Gasteiger partial charge in [0.25, 0.3) is 0 Å². The van der Waals surface area contributed by atoms with Crippen molar-refractivity contribution in [3.8, 4) is 0 Å². The lowest BCUT2D eigenvalue weighted by molar-refractivity contribution is -0.119. The molecule has 7 heteroatoms. The number of carbonyl (C=O) groups excluding carboxylic acids is 1. The van der Waals surface area contributed by atoms with Gasteiger partial charge in [-0.1, -0.05) is 19.4 Å². The summed E-state index contributed by atoms with van der Waals surface area (Å²) in [4.78, 5) is 11.9. The Bertz CT molecular complexity index is 625. The number of amides is 1. The van der Waals surface area contributed by atoms with Crippen LogP contribution in [-0.4, -0.2) is 44.8 Å². The predicted molar refractivity (Wildman–Crippen MR) is 90.8 cm³/mol. The maximum atomic E-state index is 12.6. The largest absolute Gasteiger partial charge is 0.376 e. The van der Waals surface area contributed by atoms with E-state index < -0.39 is 10.0 Å². The summed E-state index contributed by atoms with van der Waals surface area (Å²) in [5.41, 5.74) is 0.634. The van der Waals surface area contributed by atoms with E-state index in [0.717, 1.165) is 25.7 Å². The van der Waals surface area contributed by atoms with Gasteiger partial charge in [0.05, 0.1) is 11.4 Å². The van der Waals surface area contributed by atoms with Crippen molar-refractivity contribution in [2.45, 2.75) is 37.5 Å². The Morgan fingerprint density at radius 3 is 2.65 bits per heavy atom. The highest BCUT2D eigenvalue weighted by Gasteiger charge is 2.25. The van der Waals surface area contributed by atoms with Crippen molar-refractivity contribution in [2.24, 2.45) is 0 Å². The number of piperidine rings is 1. The van der Waals surface area contributed by atoms with Gasteiger partial charge in [-0.25, -0.2) is 8.42 Å². The maximum absolute atomic E-state index is 12.6. The summed E-state index contributed by atoms with van der Waals surface area (Å²) < 4.78 is 26.8. The third-order valence-corrected chi connectivity index (χ3v) is 5.71. The lowest BCUT2D eigenvalue weighted by Gasteiger charge is -2.26. The van der Waals surface area contributed by atoms with Crippen molar-refractivity contribution in [2.75, 3.05) is 31.5 Å². The minimum atomic E-state index is -3.44. The summed E-state index contributed by atoms with van der Waals surface area (Å²) in [5, 5.41) is 5.74. The van der Waals surface area contributed by atoms with Gasteiger partial charge in [0.2, 0.25) is 15.9 Å². The van der Waals surface area contributed by atoms with Crippen LogP contribution in [0.5, 0.6) is 0 Å². The minimum Gasteiger partial charge on any atom is -0.376 e. The summed E-state index contributed by atoms with van der Waals surface area (Å²) in [6.45, 7) is 3.93. The fraction of sp³-hybridized carbons (Fsp3) is 0.562. The monoisotopic (exact) mass is 339 g/mol. The molecule has 1 aliphatic heterocycles. The number of anilines is 1. The first-order chi connectivity index (χ1) is 11.0. The third kappa shape index (κ3) is 4.94. The van der Waals surface area contributed by atoms with Crippen molar-refractivity contribution in [3.05, 3.63) is 24.3 Å². The second-order valence-electron chi connectivity index (χ2n) is 5.70. The van der Waals surface area contributed by atoms with E-state index in [-0.39, 0.29) is 17.3 Å². The first-order valence-electron chi connectivity index (χ1n) is 8.15. The summed E-state index contributed by atoms with van der Waals surface area (Å²) in [7, 11) is -3.44. The first-order valence-corrected chi connectivity index (χ1v) is 9.59. The van der Waals surface area contributed by atoms with Gasteiger partial charge < -0.3 is 10.6 Å². The lowest BCUT2D eigenvalue weighted by Crippen LogP contribution is -2.35. The number of benzene rings is 1. The van der Waals surface area contributed by atoms with Crippen LogP contribution in [0.25, 0.3) is 0 Å². The summed E-state index contributed by atoms with van der Waals surface area (Å²) in [6, 6.07) is 6.66. The molecule has 0 radical (unpaired) electrons. The lowest BCUT2D eigenvalue weighted by atomic mass is 10.2. The highest BCUT2D eigenvalue weighted by molar-refractivity contribution is 7.89. The van der Waals surface area contributed by atoms with Gasteiger partial charge in [-0.3, -0.25) is 4.79 Å². The Hall–Kier alpha value is -1.60. The molecule has 1 saturated heterocycles. The molecular formula is C16H25N3O3S. The topological polar surface area (TPSA) is 78.5 Å². The van der Waals surface area contributed by atoms with Crippen LogP contribution in [0.4, 0.5) is 5.69 Å². The predicted octanol–water partition coefficient (Wildman–Crippen LogP) is 1.80. The van der Waals surface area contributed by atoms with Crippen molar-refractivity contribution < 1.29 is 13.2 Å². The molecule has 0 spiro atoms. The molecule has 0 unspecified atom stereocenters. The van der Waals surface area contributed by atoms with Crippen molar-refractivity contribution >= 4 is 21.6 Å². The SMILES string of the molecule is CCCNC(=O)CNc1cccc(S(=O)(=O)N2CCCCC2)c1. The van der Waals surface area contributed by atoms with E-state index in [1.165, 1.54) is 0 Å². The van der Waals surface area contributed by atoms with Crippen LogP contribution in [0.1, 0.15) is 32.6 Å². The number of carbonyl (C=O) groups is 1. The zero-order valence-corrected chi connectivity index (χ0v) is 14.4. The normalized spacial score (nSPS) is 16.0. The van der Waals surface area contributed by atoms with E-state index in [1.807, 2.05) is 6.92 Å². The number of hydrogen-bond acceptors (Lipinski definition) is 4. The van der Waals surface area contributed by atoms with Crippen molar-refractivity contribution in [1.29, 1.82) is 0 Å². The Morgan fingerprint density at radius 2 is 1.96 bits per heavy atom. The number of nitrogens with one attached hydrogen (secondary N) is 2. The first kappa shape index (κ1) is 17.7. The molecule has 0 bridgehead atoms. The van der Waals surface area contributed by atoms with E-state index in [1.54, 1.807) is 28.6 Å². The van der Waals surface area contributed by atoms with E-state index in [0.29, 0.717) is 25.3 Å². The number of sulfonamides is 1. The molecule has 2 N–H and O–H groups in total.